The monoisotopic (exact) mass is 586 g/mol. The second kappa shape index (κ2) is 15.8. The maximum Gasteiger partial charge on any atom is 0.330 e. The summed E-state index contributed by atoms with van der Waals surface area (Å²) in [5.41, 5.74) is -2.16. The molecule has 1 fully saturated rings. The fraction of sp³-hybridized carbons (Fsp3) is 0.556. The van der Waals surface area contributed by atoms with E-state index in [9.17, 15) is 52.6 Å². The van der Waals surface area contributed by atoms with Gasteiger partial charge in [-0.15, -0.1) is 0 Å². The van der Waals surface area contributed by atoms with Crippen molar-refractivity contribution in [2.24, 2.45) is 0 Å². The number of rotatable bonds is 8. The number of nitrogens with zero attached hydrogens (tertiary/aromatic N) is 1. The molecule has 0 unspecified atom stereocenters. The van der Waals surface area contributed by atoms with Gasteiger partial charge in [-0.3, -0.25) is 14.3 Å². The fourth-order valence-electron chi connectivity index (χ4n) is 2.40. The molecule has 1 aliphatic heterocycles. The van der Waals surface area contributed by atoms with E-state index >= 15 is 0 Å². The Morgan fingerprint density at radius 2 is 1.29 bits per heavy atom. The van der Waals surface area contributed by atoms with Crippen LogP contribution in [0.3, 0.4) is 0 Å². The maximum absolute atomic E-state index is 11.9. The van der Waals surface area contributed by atoms with E-state index in [1.54, 1.807) is 4.98 Å². The first-order valence-electron chi connectivity index (χ1n) is 7.10. The molecule has 0 bridgehead atoms. The van der Waals surface area contributed by atoms with Gasteiger partial charge in [-0.25, -0.2) is 4.79 Å². The predicted molar refractivity (Wildman–Crippen MR) is 110 cm³/mol. The van der Waals surface area contributed by atoms with Gasteiger partial charge in [0.25, 0.3) is 5.56 Å². The smallest absolute Gasteiger partial charge is 0.330 e. The second-order valence-corrected chi connectivity index (χ2v) is 8.72. The van der Waals surface area contributed by atoms with Crippen molar-refractivity contribution in [2.45, 2.75) is 24.5 Å². The number of ether oxygens (including phenoxy) is 1. The number of quaternary nitrogens is 6. The summed E-state index contributed by atoms with van der Waals surface area (Å²) >= 11 is 0. The van der Waals surface area contributed by atoms with Gasteiger partial charge < -0.3 is 98.3 Å². The molecule has 35 heavy (non-hydrogen) atoms. The summed E-state index contributed by atoms with van der Waals surface area (Å²) in [7, 11) is -17.5. The molecule has 0 aliphatic carbocycles. The van der Waals surface area contributed by atoms with Crippen molar-refractivity contribution in [1.82, 2.24) is 46.5 Å². The number of aromatic nitrogens is 2. The lowest BCUT2D eigenvalue weighted by Crippen LogP contribution is -2.43. The van der Waals surface area contributed by atoms with E-state index in [-0.39, 0.29) is 36.9 Å². The zero-order valence-corrected chi connectivity index (χ0v) is 22.3. The maximum atomic E-state index is 11.9. The molecule has 26 heteroatoms. The van der Waals surface area contributed by atoms with Crippen molar-refractivity contribution in [3.05, 3.63) is 33.1 Å². The Morgan fingerprint density at radius 1 is 0.829 bits per heavy atom. The van der Waals surface area contributed by atoms with E-state index < -0.39 is 65.9 Å². The van der Waals surface area contributed by atoms with Gasteiger partial charge in [0.05, 0.1) is 30.1 Å². The molecule has 4 atom stereocenters. The number of phosphoric acid groups is 3. The van der Waals surface area contributed by atoms with Crippen LogP contribution in [0.15, 0.2) is 21.9 Å². The zero-order valence-electron chi connectivity index (χ0n) is 19.6. The van der Waals surface area contributed by atoms with Crippen LogP contribution in [0.5, 0.6) is 0 Å². The third-order valence-corrected chi connectivity index (χ3v) is 4.78. The third-order valence-electron chi connectivity index (χ3n) is 3.31. The van der Waals surface area contributed by atoms with Crippen LogP contribution in [-0.4, -0.2) is 34.5 Å². The Labute approximate surface area is 196 Å². The van der Waals surface area contributed by atoms with Crippen LogP contribution in [0.25, 0.3) is 0 Å². The minimum atomic E-state index is -5.94. The number of aromatic amines is 1. The summed E-state index contributed by atoms with van der Waals surface area (Å²) in [6.45, 7) is -1.30. The van der Waals surface area contributed by atoms with Gasteiger partial charge >= 0.3 is 5.69 Å². The molecule has 23 nitrogen and oxygen atoms in total. The summed E-state index contributed by atoms with van der Waals surface area (Å²) in [6, 6.07) is 0.741. The molecule has 0 amide bonds. The summed E-state index contributed by atoms with van der Waals surface area (Å²) < 4.78 is 50.2. The van der Waals surface area contributed by atoms with Crippen molar-refractivity contribution in [3.63, 3.8) is 0 Å². The Kier molecular flexibility index (Phi) is 19.7. The molecule has 0 saturated carbocycles. The lowest BCUT2D eigenvalue weighted by Gasteiger charge is -2.39. The first kappa shape index (κ1) is 43.8. The predicted octanol–water partition coefficient (Wildman–Crippen LogP) is -4.04. The van der Waals surface area contributed by atoms with Crippen LogP contribution in [0.2, 0.25) is 0 Å². The lowest BCUT2D eigenvalue weighted by molar-refractivity contribution is -0.356. The van der Waals surface area contributed by atoms with Gasteiger partial charge in [-0.05, 0) is 0 Å². The quantitative estimate of drug-likeness (QED) is 0.143. The number of H-pyrrole nitrogens is 1. The van der Waals surface area contributed by atoms with Gasteiger partial charge in [0.15, 0.2) is 6.23 Å². The normalized spacial score (nSPS) is 21.5. The highest BCUT2D eigenvalue weighted by Crippen LogP contribution is 2.45. The van der Waals surface area contributed by atoms with Gasteiger partial charge in [-0.2, -0.15) is 0 Å². The van der Waals surface area contributed by atoms with E-state index in [0.29, 0.717) is 4.57 Å². The number of nitrogens with one attached hydrogen (secondary N) is 1. The van der Waals surface area contributed by atoms with E-state index in [0.717, 1.165) is 12.3 Å². The summed E-state index contributed by atoms with van der Waals surface area (Å²) in [5, 5.41) is 0. The number of hydrogen-bond donors (Lipinski definition) is 7. The molecule has 0 spiro atoms. The van der Waals surface area contributed by atoms with Gasteiger partial charge in [0.2, 0.25) is 0 Å². The molecule has 1 aromatic heterocycles. The average Bonchev–Trinajstić information content (AvgIpc) is 2.79. The number of hydrogen-bond acceptors (Lipinski definition) is 15. The topological polar surface area (TPSA) is 500 Å². The first-order chi connectivity index (χ1) is 13.1. The molecule has 0 aromatic carbocycles. The SMILES string of the molecule is O=c1ccn([C@@H]2O[C@H](COP(=O)([O-])[O-])[C@@H](OP(=O)([O-])[O-])[C@H]2OP(=O)([O-])[O-])c(=O)[nH]1.[NH4+].[NH4+].[NH4+].[NH4+].[NH4+].[NH4+]. The first-order valence-corrected chi connectivity index (χ1v) is 11.5. The second-order valence-electron chi connectivity index (χ2n) is 5.36. The van der Waals surface area contributed by atoms with Crippen molar-refractivity contribution in [3.8, 4) is 0 Å². The van der Waals surface area contributed by atoms with Crippen LogP contribution in [0, 0.1) is 0 Å². The van der Waals surface area contributed by atoms with Gasteiger partial charge in [0.1, 0.15) is 18.3 Å². The zero-order chi connectivity index (χ0) is 22.2. The highest BCUT2D eigenvalue weighted by Gasteiger charge is 2.49. The fourth-order valence-corrected chi connectivity index (χ4v) is 3.80. The molecule has 214 valence electrons. The van der Waals surface area contributed by atoms with Crippen molar-refractivity contribution >= 4 is 23.5 Å². The lowest BCUT2D eigenvalue weighted by atomic mass is 10.1. The molecule has 1 aliphatic rings. The van der Waals surface area contributed by atoms with Crippen LogP contribution in [-0.2, 0) is 32.0 Å². The standard InChI is InChI=1S/C9H15N2O15P3.6H3N/c12-5-1-2-11(9(13)10-5)8-7(26-29(20,21)22)6(25-28(17,18)19)4(24-8)3-23-27(14,15)16;;;;;;/h1-2,4,6-8H,3H2,(H,10,12,13)(H2,14,15,16)(H2,17,18,19)(H2,20,21,22);6*1H3/t4-,6-,7-,8-;;;;;;/m1....../s1. The average molecular weight is 586 g/mol. The van der Waals surface area contributed by atoms with Crippen LogP contribution in [0.1, 0.15) is 6.23 Å². The van der Waals surface area contributed by atoms with E-state index in [1.807, 2.05) is 0 Å². The molecule has 0 radical (unpaired) electrons. The molecular formula is C9H33N8O15P3. The van der Waals surface area contributed by atoms with Crippen molar-refractivity contribution < 1.29 is 61.4 Å². The largest absolute Gasteiger partial charge is 0.790 e. The third kappa shape index (κ3) is 13.6. The van der Waals surface area contributed by atoms with Gasteiger partial charge in [0, 0.05) is 12.3 Å². The van der Waals surface area contributed by atoms with E-state index in [2.05, 4.69) is 13.6 Å². The molecule has 1 aromatic rings. The summed E-state index contributed by atoms with van der Waals surface area (Å²) in [4.78, 5) is 90.1. The highest BCUT2D eigenvalue weighted by molar-refractivity contribution is 7.43. The van der Waals surface area contributed by atoms with Crippen molar-refractivity contribution in [1.29, 1.82) is 0 Å². The van der Waals surface area contributed by atoms with Crippen molar-refractivity contribution in [2.75, 3.05) is 6.61 Å². The number of phosphoric ester groups is 3. The molecule has 1 saturated heterocycles. The minimum absolute atomic E-state index is 0. The summed E-state index contributed by atoms with van der Waals surface area (Å²) in [6.07, 6.45) is -7.96. The van der Waals surface area contributed by atoms with Gasteiger partial charge in [-0.1, -0.05) is 0 Å². The Hall–Kier alpha value is -1.27. The molecule has 2 rings (SSSR count). The van der Waals surface area contributed by atoms with E-state index in [1.165, 1.54) is 0 Å². The Balaban J connectivity index is -0.000000500. The van der Waals surface area contributed by atoms with E-state index in [4.69, 9.17) is 4.74 Å². The Bertz CT molecular complexity index is 1000. The summed E-state index contributed by atoms with van der Waals surface area (Å²) in [5.74, 6) is 0. The molecular weight excluding hydrogens is 553 g/mol. The van der Waals surface area contributed by atoms with Crippen LogP contribution >= 0.6 is 23.5 Å². The minimum Gasteiger partial charge on any atom is -0.790 e. The highest BCUT2D eigenvalue weighted by atomic mass is 31.2. The Morgan fingerprint density at radius 3 is 1.69 bits per heavy atom. The molecule has 25 N–H and O–H groups in total. The molecule has 2 heterocycles. The van der Waals surface area contributed by atoms with Crippen LogP contribution in [0.4, 0.5) is 0 Å². The van der Waals surface area contributed by atoms with Crippen LogP contribution < -0.4 is 77.5 Å².